The number of halogens is 2. The van der Waals surface area contributed by atoms with E-state index in [-0.39, 0.29) is 12.5 Å². The lowest BCUT2D eigenvalue weighted by Crippen LogP contribution is -2.24. The van der Waals surface area contributed by atoms with Crippen molar-refractivity contribution < 1.29 is 4.79 Å². The van der Waals surface area contributed by atoms with Gasteiger partial charge in [-0.05, 0) is 54.1 Å². The van der Waals surface area contributed by atoms with Crippen LogP contribution in [0.4, 0.5) is 11.5 Å². The second kappa shape index (κ2) is 9.84. The maximum absolute atomic E-state index is 12.8. The van der Waals surface area contributed by atoms with E-state index in [4.69, 9.17) is 0 Å². The highest BCUT2D eigenvalue weighted by Gasteiger charge is 2.13. The first-order valence-corrected chi connectivity index (χ1v) is 11.0. The fourth-order valence-electron chi connectivity index (χ4n) is 2.90. The van der Waals surface area contributed by atoms with Gasteiger partial charge in [0.25, 0.3) is 5.91 Å². The van der Waals surface area contributed by atoms with Gasteiger partial charge in [-0.2, -0.15) is 0 Å². The van der Waals surface area contributed by atoms with Gasteiger partial charge in [0.05, 0.1) is 24.8 Å². The van der Waals surface area contributed by atoms with Crippen LogP contribution in [0.2, 0.25) is 0 Å². The van der Waals surface area contributed by atoms with Gasteiger partial charge in [-0.3, -0.25) is 4.79 Å². The van der Waals surface area contributed by atoms with Crippen molar-refractivity contribution in [3.63, 3.8) is 0 Å². The van der Waals surface area contributed by atoms with Crippen LogP contribution in [0, 0.1) is 0 Å². The van der Waals surface area contributed by atoms with E-state index in [1.807, 2.05) is 54.7 Å². The number of hydrogen-bond acceptors (Lipinski definition) is 5. The fraction of sp³-hybridized carbons (Fsp3) is 0.0909. The zero-order valence-corrected chi connectivity index (χ0v) is 19.5. The molecule has 31 heavy (non-hydrogen) atoms. The molecule has 0 fully saturated rings. The average molecular weight is 542 g/mol. The van der Waals surface area contributed by atoms with Gasteiger partial charge in [0.2, 0.25) is 0 Å². The predicted octanol–water partition coefficient (Wildman–Crippen LogP) is 4.92. The minimum absolute atomic E-state index is 0.241. The third-order valence-corrected chi connectivity index (χ3v) is 5.49. The van der Waals surface area contributed by atoms with Crippen molar-refractivity contribution >= 4 is 49.3 Å². The Kier molecular flexibility index (Phi) is 6.73. The number of anilines is 2. The molecular formula is C22H18Br2N6O. The van der Waals surface area contributed by atoms with Crippen LogP contribution >= 0.6 is 31.9 Å². The number of nitrogens with one attached hydrogen (secondary N) is 2. The van der Waals surface area contributed by atoms with Crippen LogP contribution in [0.1, 0.15) is 21.6 Å². The Labute approximate surface area is 196 Å². The number of benzene rings is 2. The molecule has 2 heterocycles. The molecule has 1 amide bonds. The highest BCUT2D eigenvalue weighted by molar-refractivity contribution is 9.10. The first-order chi connectivity index (χ1) is 15.1. The molecule has 0 spiro atoms. The van der Waals surface area contributed by atoms with Crippen molar-refractivity contribution in [1.82, 2.24) is 25.3 Å². The molecule has 2 aromatic carbocycles. The lowest BCUT2D eigenvalue weighted by Gasteiger charge is -2.11. The number of carbonyl (C=O) groups is 1. The van der Waals surface area contributed by atoms with Crippen molar-refractivity contribution in [3.8, 4) is 0 Å². The molecule has 7 nitrogen and oxygen atoms in total. The van der Waals surface area contributed by atoms with Gasteiger partial charge in [0.1, 0.15) is 11.5 Å². The number of amides is 1. The molecule has 2 N–H and O–H groups in total. The van der Waals surface area contributed by atoms with E-state index >= 15 is 0 Å². The summed E-state index contributed by atoms with van der Waals surface area (Å²) >= 11 is 6.84. The van der Waals surface area contributed by atoms with Crippen LogP contribution in [0.3, 0.4) is 0 Å². The lowest BCUT2D eigenvalue weighted by atomic mass is 10.2. The van der Waals surface area contributed by atoms with Crippen LogP contribution in [0.15, 0.2) is 82.0 Å². The molecule has 0 atom stereocenters. The summed E-state index contributed by atoms with van der Waals surface area (Å²) in [6, 6.07) is 19.1. The van der Waals surface area contributed by atoms with Gasteiger partial charge in [-0.15, -0.1) is 5.10 Å². The lowest BCUT2D eigenvalue weighted by molar-refractivity contribution is 0.0951. The molecule has 0 saturated carbocycles. The van der Waals surface area contributed by atoms with Crippen molar-refractivity contribution in [2.45, 2.75) is 13.1 Å². The Balaban J connectivity index is 1.38. The van der Waals surface area contributed by atoms with Crippen LogP contribution < -0.4 is 10.6 Å². The summed E-state index contributed by atoms with van der Waals surface area (Å²) in [5, 5.41) is 14.4. The number of nitrogens with zero attached hydrogens (tertiary/aromatic N) is 4. The van der Waals surface area contributed by atoms with Gasteiger partial charge < -0.3 is 10.6 Å². The molecule has 156 valence electrons. The SMILES string of the molecule is O=C(NCc1cn(Cc2ccc(Br)cc2)nn1)c1cccnc1Nc1ccc(Br)cc1. The minimum Gasteiger partial charge on any atom is -0.346 e. The quantitative estimate of drug-likeness (QED) is 0.347. The summed E-state index contributed by atoms with van der Waals surface area (Å²) < 4.78 is 3.75. The van der Waals surface area contributed by atoms with Gasteiger partial charge >= 0.3 is 0 Å². The highest BCUT2D eigenvalue weighted by atomic mass is 79.9. The molecule has 2 aromatic heterocycles. The van der Waals surface area contributed by atoms with E-state index in [2.05, 4.69) is 57.8 Å². The van der Waals surface area contributed by atoms with Crippen molar-refractivity contribution in [2.75, 3.05) is 5.32 Å². The first kappa shape index (κ1) is 21.2. The molecule has 0 aliphatic heterocycles. The Bertz CT molecular complexity index is 1180. The second-order valence-electron chi connectivity index (χ2n) is 6.75. The smallest absolute Gasteiger partial charge is 0.255 e. The van der Waals surface area contributed by atoms with E-state index in [9.17, 15) is 4.79 Å². The molecule has 0 aliphatic rings. The van der Waals surface area contributed by atoms with Crippen molar-refractivity contribution in [2.24, 2.45) is 0 Å². The molecule has 9 heteroatoms. The average Bonchev–Trinajstić information content (AvgIpc) is 3.23. The predicted molar refractivity (Wildman–Crippen MR) is 126 cm³/mol. The largest absolute Gasteiger partial charge is 0.346 e. The van der Waals surface area contributed by atoms with Gasteiger partial charge in [-0.1, -0.05) is 49.2 Å². The Morgan fingerprint density at radius 1 is 0.968 bits per heavy atom. The van der Waals surface area contributed by atoms with Crippen LogP contribution in [-0.2, 0) is 13.1 Å². The maximum Gasteiger partial charge on any atom is 0.255 e. The monoisotopic (exact) mass is 540 g/mol. The van der Waals surface area contributed by atoms with E-state index in [1.165, 1.54) is 0 Å². The number of pyridine rings is 1. The second-order valence-corrected chi connectivity index (χ2v) is 8.58. The van der Waals surface area contributed by atoms with Crippen molar-refractivity contribution in [3.05, 3.63) is 98.8 Å². The molecule has 0 radical (unpaired) electrons. The number of hydrogen-bond donors (Lipinski definition) is 2. The van der Waals surface area contributed by atoms with Crippen molar-refractivity contribution in [1.29, 1.82) is 0 Å². The third kappa shape index (κ3) is 5.77. The number of carbonyl (C=O) groups excluding carboxylic acids is 1. The Morgan fingerprint density at radius 2 is 1.68 bits per heavy atom. The third-order valence-electron chi connectivity index (χ3n) is 4.43. The number of aromatic nitrogens is 4. The van der Waals surface area contributed by atoms with E-state index < -0.39 is 0 Å². The van der Waals surface area contributed by atoms with Gasteiger partial charge in [0, 0.05) is 20.8 Å². The Morgan fingerprint density at radius 3 is 2.42 bits per heavy atom. The minimum atomic E-state index is -0.241. The molecule has 0 bridgehead atoms. The standard InChI is InChI=1S/C22H18Br2N6O/c23-16-5-3-15(4-6-16)13-30-14-19(28-29-30)12-26-22(31)20-2-1-11-25-21(20)27-18-9-7-17(24)8-10-18/h1-11,14H,12-13H2,(H,25,27)(H,26,31). The Hall–Kier alpha value is -3.04. The summed E-state index contributed by atoms with van der Waals surface area (Å²) in [6.07, 6.45) is 3.47. The molecule has 4 rings (SSSR count). The van der Waals surface area contributed by atoms with E-state index in [1.54, 1.807) is 23.0 Å². The summed E-state index contributed by atoms with van der Waals surface area (Å²) in [7, 11) is 0. The molecule has 0 aliphatic carbocycles. The first-order valence-electron chi connectivity index (χ1n) is 9.46. The van der Waals surface area contributed by atoms with Crippen LogP contribution in [-0.4, -0.2) is 25.9 Å². The topological polar surface area (TPSA) is 84.7 Å². The summed E-state index contributed by atoms with van der Waals surface area (Å²) in [5.41, 5.74) is 3.08. The zero-order valence-electron chi connectivity index (χ0n) is 16.3. The molecule has 4 aromatic rings. The van der Waals surface area contributed by atoms with Gasteiger partial charge in [0.15, 0.2) is 0 Å². The van der Waals surface area contributed by atoms with E-state index in [0.29, 0.717) is 23.6 Å². The summed E-state index contributed by atoms with van der Waals surface area (Å²) in [6.45, 7) is 0.879. The summed E-state index contributed by atoms with van der Waals surface area (Å²) in [5.74, 6) is 0.247. The highest BCUT2D eigenvalue weighted by Crippen LogP contribution is 2.20. The van der Waals surface area contributed by atoms with Crippen LogP contribution in [0.5, 0.6) is 0 Å². The molecule has 0 saturated heterocycles. The fourth-order valence-corrected chi connectivity index (χ4v) is 3.43. The molecular weight excluding hydrogens is 524 g/mol. The molecule has 0 unspecified atom stereocenters. The zero-order chi connectivity index (χ0) is 21.6. The maximum atomic E-state index is 12.8. The van der Waals surface area contributed by atoms with E-state index in [0.717, 1.165) is 20.2 Å². The van der Waals surface area contributed by atoms with Gasteiger partial charge in [-0.25, -0.2) is 9.67 Å². The normalized spacial score (nSPS) is 10.6. The number of rotatable bonds is 7. The van der Waals surface area contributed by atoms with Crippen LogP contribution in [0.25, 0.3) is 0 Å². The summed E-state index contributed by atoms with van der Waals surface area (Å²) in [4.78, 5) is 17.1.